The van der Waals surface area contributed by atoms with Crippen LogP contribution in [0.25, 0.3) is 0 Å². The highest BCUT2D eigenvalue weighted by Crippen LogP contribution is 2.42. The van der Waals surface area contributed by atoms with Crippen molar-refractivity contribution >= 4 is 29.3 Å². The van der Waals surface area contributed by atoms with E-state index in [2.05, 4.69) is 0 Å². The van der Waals surface area contributed by atoms with Crippen LogP contribution in [0, 0.1) is 0 Å². The lowest BCUT2D eigenvalue weighted by Crippen LogP contribution is -2.20. The van der Waals surface area contributed by atoms with Crippen LogP contribution in [0.3, 0.4) is 0 Å². The molecule has 0 aromatic rings. The lowest BCUT2D eigenvalue weighted by atomic mass is 10.2. The van der Waals surface area contributed by atoms with Gasteiger partial charge in [-0.05, 0) is 24.9 Å². The van der Waals surface area contributed by atoms with Crippen molar-refractivity contribution < 1.29 is 18.0 Å². The Labute approximate surface area is 88.5 Å². The van der Waals surface area contributed by atoms with Gasteiger partial charge in [0.2, 0.25) is 0 Å². The summed E-state index contributed by atoms with van der Waals surface area (Å²) in [5, 5.41) is 0. The predicted molar refractivity (Wildman–Crippen MR) is 53.3 cm³/mol. The molecule has 80 valence electrons. The highest BCUT2D eigenvalue weighted by molar-refractivity contribution is 8.22. The summed E-state index contributed by atoms with van der Waals surface area (Å²) >= 11 is 2.26. The monoisotopic (exact) mass is 242 g/mol. The minimum Gasteiger partial charge on any atom is -0.294 e. The predicted octanol–water partition coefficient (Wildman–Crippen LogP) is 3.22. The standard InChI is InChI=1S/C8H9F3OS2/c1-5(12)6(8(9,10)11)7-13-3-2-4-14-7/h2-4H2,1H3. The Hall–Kier alpha value is -0.100. The fourth-order valence-electron chi connectivity index (χ4n) is 1.03. The van der Waals surface area contributed by atoms with Gasteiger partial charge >= 0.3 is 6.18 Å². The molecule has 0 bridgehead atoms. The molecule has 6 heteroatoms. The molecule has 0 aromatic carbocycles. The van der Waals surface area contributed by atoms with Crippen LogP contribution in [-0.4, -0.2) is 23.5 Å². The minimum absolute atomic E-state index is 0.135. The first-order valence-corrected chi connectivity index (χ1v) is 5.98. The molecule has 0 aromatic heterocycles. The van der Waals surface area contributed by atoms with E-state index in [1.54, 1.807) is 0 Å². The van der Waals surface area contributed by atoms with Gasteiger partial charge in [-0.15, -0.1) is 23.5 Å². The first kappa shape index (κ1) is 12.0. The van der Waals surface area contributed by atoms with Gasteiger partial charge in [-0.1, -0.05) is 0 Å². The van der Waals surface area contributed by atoms with Crippen molar-refractivity contribution in [2.24, 2.45) is 0 Å². The number of ketones is 1. The van der Waals surface area contributed by atoms with Gasteiger partial charge in [-0.3, -0.25) is 4.79 Å². The molecule has 1 aliphatic heterocycles. The number of hydrogen-bond donors (Lipinski definition) is 0. The number of carbonyl (C=O) groups is 1. The number of hydrogen-bond acceptors (Lipinski definition) is 3. The maximum atomic E-state index is 12.4. The normalized spacial score (nSPS) is 18.1. The second-order valence-corrected chi connectivity index (χ2v) is 5.24. The summed E-state index contributed by atoms with van der Waals surface area (Å²) in [7, 11) is 0. The first-order valence-electron chi connectivity index (χ1n) is 4.01. The fraction of sp³-hybridized carbons (Fsp3) is 0.625. The molecule has 0 N–H and O–H groups in total. The van der Waals surface area contributed by atoms with E-state index in [-0.39, 0.29) is 4.24 Å². The number of allylic oxidation sites excluding steroid dienone is 1. The largest absolute Gasteiger partial charge is 0.421 e. The number of alkyl halides is 3. The van der Waals surface area contributed by atoms with E-state index in [1.165, 1.54) is 0 Å². The summed E-state index contributed by atoms with van der Waals surface area (Å²) in [6.45, 7) is 0.964. The van der Waals surface area contributed by atoms with Crippen molar-refractivity contribution in [2.45, 2.75) is 19.5 Å². The van der Waals surface area contributed by atoms with Crippen molar-refractivity contribution in [3.05, 3.63) is 9.81 Å². The molecular formula is C8H9F3OS2. The second kappa shape index (κ2) is 4.61. The Balaban J connectivity index is 3.01. The van der Waals surface area contributed by atoms with E-state index in [0.717, 1.165) is 36.9 Å². The van der Waals surface area contributed by atoms with Crippen LogP contribution in [0.15, 0.2) is 9.81 Å². The molecule has 0 amide bonds. The number of Topliss-reactive ketones (excluding diaryl/α,β-unsaturated/α-hetero) is 1. The van der Waals surface area contributed by atoms with E-state index in [1.807, 2.05) is 0 Å². The van der Waals surface area contributed by atoms with Crippen LogP contribution in [0.4, 0.5) is 13.2 Å². The average Bonchev–Trinajstić information content (AvgIpc) is 2.02. The van der Waals surface area contributed by atoms with Crippen LogP contribution in [0.2, 0.25) is 0 Å². The van der Waals surface area contributed by atoms with Gasteiger partial charge in [0.1, 0.15) is 5.57 Å². The molecule has 0 saturated carbocycles. The first-order chi connectivity index (χ1) is 6.43. The van der Waals surface area contributed by atoms with Crippen LogP contribution < -0.4 is 0 Å². The topological polar surface area (TPSA) is 17.1 Å². The lowest BCUT2D eigenvalue weighted by molar-refractivity contribution is -0.127. The highest BCUT2D eigenvalue weighted by Gasteiger charge is 2.40. The highest BCUT2D eigenvalue weighted by atomic mass is 32.2. The Morgan fingerprint density at radius 1 is 1.29 bits per heavy atom. The van der Waals surface area contributed by atoms with E-state index in [4.69, 9.17) is 0 Å². The van der Waals surface area contributed by atoms with E-state index < -0.39 is 17.5 Å². The molecule has 1 fully saturated rings. The van der Waals surface area contributed by atoms with Crippen molar-refractivity contribution in [2.75, 3.05) is 11.5 Å². The third-order valence-corrected chi connectivity index (χ3v) is 4.22. The van der Waals surface area contributed by atoms with Gasteiger partial charge in [0.15, 0.2) is 5.78 Å². The minimum atomic E-state index is -4.52. The maximum absolute atomic E-state index is 12.4. The molecule has 0 atom stereocenters. The van der Waals surface area contributed by atoms with E-state index in [0.29, 0.717) is 11.5 Å². The SMILES string of the molecule is CC(=O)C(=C1SCCCS1)C(F)(F)F. The van der Waals surface area contributed by atoms with Crippen LogP contribution in [-0.2, 0) is 4.79 Å². The van der Waals surface area contributed by atoms with Gasteiger partial charge in [-0.25, -0.2) is 0 Å². The number of halogens is 3. The Morgan fingerprint density at radius 3 is 2.14 bits per heavy atom. The summed E-state index contributed by atoms with van der Waals surface area (Å²) in [6, 6.07) is 0. The molecule has 1 heterocycles. The smallest absolute Gasteiger partial charge is 0.294 e. The van der Waals surface area contributed by atoms with Gasteiger partial charge < -0.3 is 0 Å². The van der Waals surface area contributed by atoms with Crippen molar-refractivity contribution in [1.82, 2.24) is 0 Å². The molecule has 0 aliphatic carbocycles. The number of thioether (sulfide) groups is 2. The van der Waals surface area contributed by atoms with Gasteiger partial charge in [0.05, 0.1) is 4.24 Å². The van der Waals surface area contributed by atoms with Crippen molar-refractivity contribution in [3.63, 3.8) is 0 Å². The molecular weight excluding hydrogens is 233 g/mol. The molecule has 1 nitrogen and oxygen atoms in total. The van der Waals surface area contributed by atoms with Gasteiger partial charge in [0.25, 0.3) is 0 Å². The molecule has 1 aliphatic rings. The number of rotatable bonds is 1. The summed E-state index contributed by atoms with van der Waals surface area (Å²) in [5.41, 5.74) is -0.979. The summed E-state index contributed by atoms with van der Waals surface area (Å²) in [4.78, 5) is 10.9. The third kappa shape index (κ3) is 2.95. The van der Waals surface area contributed by atoms with Crippen molar-refractivity contribution in [1.29, 1.82) is 0 Å². The molecule has 1 rings (SSSR count). The number of carbonyl (C=O) groups excluding carboxylic acids is 1. The Morgan fingerprint density at radius 2 is 1.79 bits per heavy atom. The second-order valence-electron chi connectivity index (χ2n) is 2.77. The summed E-state index contributed by atoms with van der Waals surface area (Å²) < 4.78 is 37.5. The zero-order chi connectivity index (χ0) is 10.8. The van der Waals surface area contributed by atoms with E-state index >= 15 is 0 Å². The van der Waals surface area contributed by atoms with Gasteiger partial charge in [-0.2, -0.15) is 13.2 Å². The molecule has 1 saturated heterocycles. The van der Waals surface area contributed by atoms with Crippen LogP contribution in [0.5, 0.6) is 0 Å². The molecule has 0 spiro atoms. The van der Waals surface area contributed by atoms with Crippen molar-refractivity contribution in [3.8, 4) is 0 Å². The van der Waals surface area contributed by atoms with E-state index in [9.17, 15) is 18.0 Å². The maximum Gasteiger partial charge on any atom is 0.421 e. The zero-order valence-electron chi connectivity index (χ0n) is 7.48. The van der Waals surface area contributed by atoms with Crippen LogP contribution in [0.1, 0.15) is 13.3 Å². The zero-order valence-corrected chi connectivity index (χ0v) is 9.11. The molecule has 0 radical (unpaired) electrons. The molecule has 0 unspecified atom stereocenters. The Bertz CT molecular complexity index is 262. The Kier molecular flexibility index (Phi) is 3.94. The molecule has 14 heavy (non-hydrogen) atoms. The average molecular weight is 242 g/mol. The van der Waals surface area contributed by atoms with Gasteiger partial charge in [0, 0.05) is 0 Å². The van der Waals surface area contributed by atoms with Crippen LogP contribution >= 0.6 is 23.5 Å². The summed E-state index contributed by atoms with van der Waals surface area (Å²) in [5.74, 6) is 0.430. The third-order valence-electron chi connectivity index (χ3n) is 1.59. The summed E-state index contributed by atoms with van der Waals surface area (Å²) in [6.07, 6.45) is -3.62. The lowest BCUT2D eigenvalue weighted by Gasteiger charge is -2.18. The quantitative estimate of drug-likeness (QED) is 0.657. The fourth-order valence-corrected chi connectivity index (χ4v) is 3.81.